The molecule has 2 rings (SSSR count). The van der Waals surface area contributed by atoms with Crippen LogP contribution in [0.2, 0.25) is 0 Å². The molecule has 0 aromatic carbocycles. The van der Waals surface area contributed by atoms with Crippen molar-refractivity contribution in [2.45, 2.75) is 32.5 Å². The molecule has 0 amide bonds. The summed E-state index contributed by atoms with van der Waals surface area (Å²) in [5.41, 5.74) is 6.72. The molecule has 0 saturated heterocycles. The maximum Gasteiger partial charge on any atom is 0.228 e. The standard InChI is InChI=1S/C12H16FN5S/c1-3-9(8-4-5-19-6-8)15-12-17-10(7(2)13)16-11(14)18-12/h4-7,9H,3H2,1-2H3,(H3,14,15,16,17,18)/t7?,9-/m0/s1. The lowest BCUT2D eigenvalue weighted by Gasteiger charge is -2.16. The summed E-state index contributed by atoms with van der Waals surface area (Å²) >= 11 is 1.63. The van der Waals surface area contributed by atoms with Gasteiger partial charge in [0.05, 0.1) is 6.04 Å². The minimum atomic E-state index is -1.27. The monoisotopic (exact) mass is 281 g/mol. The highest BCUT2D eigenvalue weighted by molar-refractivity contribution is 7.07. The van der Waals surface area contributed by atoms with Crippen molar-refractivity contribution in [3.63, 3.8) is 0 Å². The van der Waals surface area contributed by atoms with Gasteiger partial charge < -0.3 is 11.1 Å². The second-order valence-corrected chi connectivity index (χ2v) is 4.93. The first-order valence-electron chi connectivity index (χ1n) is 6.04. The molecule has 2 heterocycles. The van der Waals surface area contributed by atoms with Crippen LogP contribution in [0.1, 0.15) is 43.9 Å². The number of nitrogens with zero attached hydrogens (tertiary/aromatic N) is 3. The molecule has 0 bridgehead atoms. The van der Waals surface area contributed by atoms with Gasteiger partial charge in [0.1, 0.15) is 0 Å². The van der Waals surface area contributed by atoms with Crippen molar-refractivity contribution in [3.8, 4) is 0 Å². The Morgan fingerprint density at radius 3 is 2.79 bits per heavy atom. The lowest BCUT2D eigenvalue weighted by molar-refractivity contribution is 0.356. The molecule has 0 saturated carbocycles. The van der Waals surface area contributed by atoms with Gasteiger partial charge in [0.15, 0.2) is 12.0 Å². The molecule has 7 heteroatoms. The van der Waals surface area contributed by atoms with Crippen LogP contribution in [0.15, 0.2) is 16.8 Å². The van der Waals surface area contributed by atoms with E-state index in [0.717, 1.165) is 12.0 Å². The zero-order chi connectivity index (χ0) is 13.8. The first-order chi connectivity index (χ1) is 9.10. The van der Waals surface area contributed by atoms with Crippen LogP contribution in [-0.4, -0.2) is 15.0 Å². The summed E-state index contributed by atoms with van der Waals surface area (Å²) in [6, 6.07) is 2.12. The van der Waals surface area contributed by atoms with Gasteiger partial charge in [0.25, 0.3) is 0 Å². The van der Waals surface area contributed by atoms with Gasteiger partial charge in [-0.3, -0.25) is 0 Å². The van der Waals surface area contributed by atoms with E-state index in [1.807, 2.05) is 11.4 Å². The van der Waals surface area contributed by atoms with Gasteiger partial charge in [-0.05, 0) is 35.7 Å². The van der Waals surface area contributed by atoms with Crippen LogP contribution in [0.5, 0.6) is 0 Å². The minimum Gasteiger partial charge on any atom is -0.368 e. The number of nitrogens with one attached hydrogen (secondary N) is 1. The molecule has 2 aromatic rings. The number of alkyl halides is 1. The van der Waals surface area contributed by atoms with Crippen LogP contribution in [0, 0.1) is 0 Å². The molecule has 0 radical (unpaired) electrons. The number of rotatable bonds is 5. The molecule has 2 atom stereocenters. The van der Waals surface area contributed by atoms with Gasteiger partial charge in [-0.15, -0.1) is 0 Å². The van der Waals surface area contributed by atoms with Gasteiger partial charge in [-0.25, -0.2) is 4.39 Å². The molecule has 3 N–H and O–H groups in total. The molecular weight excluding hydrogens is 265 g/mol. The first-order valence-corrected chi connectivity index (χ1v) is 6.98. The first kappa shape index (κ1) is 13.7. The fourth-order valence-corrected chi connectivity index (χ4v) is 2.42. The number of thiophene rings is 1. The zero-order valence-electron chi connectivity index (χ0n) is 10.8. The molecule has 0 aliphatic carbocycles. The highest BCUT2D eigenvalue weighted by atomic mass is 32.1. The molecule has 0 spiro atoms. The minimum absolute atomic E-state index is 0.0252. The topological polar surface area (TPSA) is 76.7 Å². The maximum absolute atomic E-state index is 13.3. The average molecular weight is 281 g/mol. The number of nitrogen functional groups attached to an aromatic ring is 1. The Morgan fingerprint density at radius 2 is 2.21 bits per heavy atom. The van der Waals surface area contributed by atoms with Crippen molar-refractivity contribution in [2.24, 2.45) is 0 Å². The molecule has 102 valence electrons. The van der Waals surface area contributed by atoms with Crippen LogP contribution >= 0.6 is 11.3 Å². The zero-order valence-corrected chi connectivity index (χ0v) is 11.6. The Labute approximate surface area is 115 Å². The fraction of sp³-hybridized carbons (Fsp3) is 0.417. The Balaban J connectivity index is 2.22. The van der Waals surface area contributed by atoms with E-state index in [9.17, 15) is 4.39 Å². The predicted molar refractivity (Wildman–Crippen MR) is 74.7 cm³/mol. The lowest BCUT2D eigenvalue weighted by Crippen LogP contribution is -2.14. The van der Waals surface area contributed by atoms with E-state index in [-0.39, 0.29) is 17.8 Å². The summed E-state index contributed by atoms with van der Waals surface area (Å²) in [6.07, 6.45) is -0.407. The van der Waals surface area contributed by atoms with E-state index in [0.29, 0.717) is 5.95 Å². The summed E-state index contributed by atoms with van der Waals surface area (Å²) in [4.78, 5) is 11.8. The van der Waals surface area contributed by atoms with E-state index in [1.54, 1.807) is 11.3 Å². The van der Waals surface area contributed by atoms with Crippen molar-refractivity contribution in [1.29, 1.82) is 0 Å². The Morgan fingerprint density at radius 1 is 1.42 bits per heavy atom. The number of hydrogen-bond acceptors (Lipinski definition) is 6. The van der Waals surface area contributed by atoms with Crippen LogP contribution in [0.25, 0.3) is 0 Å². The normalized spacial score (nSPS) is 14.1. The highest BCUT2D eigenvalue weighted by Crippen LogP contribution is 2.23. The smallest absolute Gasteiger partial charge is 0.228 e. The van der Waals surface area contributed by atoms with Crippen molar-refractivity contribution in [3.05, 3.63) is 28.2 Å². The highest BCUT2D eigenvalue weighted by Gasteiger charge is 2.14. The Bertz CT molecular complexity index is 529. The van der Waals surface area contributed by atoms with E-state index in [4.69, 9.17) is 5.73 Å². The molecule has 0 fully saturated rings. The third-order valence-electron chi connectivity index (χ3n) is 2.68. The summed E-state index contributed by atoms with van der Waals surface area (Å²) in [7, 11) is 0. The van der Waals surface area contributed by atoms with E-state index < -0.39 is 6.17 Å². The molecule has 0 aliphatic rings. The number of hydrogen-bond donors (Lipinski definition) is 2. The third kappa shape index (κ3) is 3.37. The number of anilines is 2. The molecule has 5 nitrogen and oxygen atoms in total. The predicted octanol–water partition coefficient (Wildman–Crippen LogP) is 3.11. The van der Waals surface area contributed by atoms with Gasteiger partial charge in [0.2, 0.25) is 11.9 Å². The van der Waals surface area contributed by atoms with Crippen molar-refractivity contribution >= 4 is 23.2 Å². The third-order valence-corrected chi connectivity index (χ3v) is 3.38. The van der Waals surface area contributed by atoms with Gasteiger partial charge in [0, 0.05) is 0 Å². The fourth-order valence-electron chi connectivity index (χ4n) is 1.70. The van der Waals surface area contributed by atoms with Gasteiger partial charge >= 0.3 is 0 Å². The SMILES string of the molecule is CC[C@H](Nc1nc(N)nc(C(C)F)n1)c1ccsc1. The van der Waals surface area contributed by atoms with Crippen molar-refractivity contribution < 1.29 is 4.39 Å². The summed E-state index contributed by atoms with van der Waals surface area (Å²) in [5, 5.41) is 7.24. The summed E-state index contributed by atoms with van der Waals surface area (Å²) in [5.74, 6) is 0.386. The van der Waals surface area contributed by atoms with Crippen LogP contribution in [-0.2, 0) is 0 Å². The lowest BCUT2D eigenvalue weighted by atomic mass is 10.1. The maximum atomic E-state index is 13.3. The molecule has 2 aromatic heterocycles. The Kier molecular flexibility index (Phi) is 4.26. The van der Waals surface area contributed by atoms with Gasteiger partial charge in [-0.1, -0.05) is 6.92 Å². The number of nitrogens with two attached hydrogens (primary N) is 1. The quantitative estimate of drug-likeness (QED) is 0.880. The molecular formula is C12H16FN5S. The van der Waals surface area contributed by atoms with Crippen molar-refractivity contribution in [2.75, 3.05) is 11.1 Å². The van der Waals surface area contributed by atoms with E-state index in [1.165, 1.54) is 6.92 Å². The van der Waals surface area contributed by atoms with Crippen LogP contribution in [0.3, 0.4) is 0 Å². The average Bonchev–Trinajstić information content (AvgIpc) is 2.89. The second kappa shape index (κ2) is 5.92. The number of aromatic nitrogens is 3. The molecule has 19 heavy (non-hydrogen) atoms. The summed E-state index contributed by atoms with van der Waals surface area (Å²) in [6.45, 7) is 3.42. The van der Waals surface area contributed by atoms with Crippen molar-refractivity contribution in [1.82, 2.24) is 15.0 Å². The van der Waals surface area contributed by atoms with Gasteiger partial charge in [-0.2, -0.15) is 26.3 Å². The van der Waals surface area contributed by atoms with Crippen LogP contribution < -0.4 is 11.1 Å². The van der Waals surface area contributed by atoms with E-state index >= 15 is 0 Å². The molecule has 0 aliphatic heterocycles. The summed E-state index contributed by atoms with van der Waals surface area (Å²) < 4.78 is 13.3. The second-order valence-electron chi connectivity index (χ2n) is 4.15. The van der Waals surface area contributed by atoms with E-state index in [2.05, 4.69) is 32.6 Å². The largest absolute Gasteiger partial charge is 0.368 e. The molecule has 1 unspecified atom stereocenters. The van der Waals surface area contributed by atoms with Crippen LogP contribution in [0.4, 0.5) is 16.3 Å². The Hall–Kier alpha value is -1.76. The number of halogens is 1.